The number of aromatic amines is 1. The molecule has 0 bridgehead atoms. The van der Waals surface area contributed by atoms with Gasteiger partial charge in [0.2, 0.25) is 0 Å². The molecule has 0 aliphatic carbocycles. The van der Waals surface area contributed by atoms with Crippen molar-refractivity contribution in [3.63, 3.8) is 0 Å². The highest BCUT2D eigenvalue weighted by atomic mass is 16.5. The molecule has 1 saturated heterocycles. The molecular formula is C15H15N3O3. The predicted molar refractivity (Wildman–Crippen MR) is 76.0 cm³/mol. The van der Waals surface area contributed by atoms with E-state index in [4.69, 9.17) is 4.74 Å². The van der Waals surface area contributed by atoms with Gasteiger partial charge in [-0.2, -0.15) is 0 Å². The molecule has 1 fully saturated rings. The standard InChI is InChI=1S/C15H15N3O3/c1-15-6-10-9-5-8(21-2)3-4-11(9)16-12(10)7-18(15)14(20)17-13(15)19/h3-5,16H,6-7H2,1-2H3,(H,17,19,20). The first kappa shape index (κ1) is 12.3. The van der Waals surface area contributed by atoms with Crippen molar-refractivity contribution in [2.45, 2.75) is 25.4 Å². The lowest BCUT2D eigenvalue weighted by Crippen LogP contribution is -2.51. The Morgan fingerprint density at radius 1 is 1.33 bits per heavy atom. The number of methoxy groups -OCH3 is 1. The van der Waals surface area contributed by atoms with Gasteiger partial charge in [0.25, 0.3) is 5.91 Å². The molecule has 3 amide bonds. The summed E-state index contributed by atoms with van der Waals surface area (Å²) in [6.45, 7) is 2.23. The smallest absolute Gasteiger partial charge is 0.325 e. The summed E-state index contributed by atoms with van der Waals surface area (Å²) in [5.74, 6) is 0.555. The van der Waals surface area contributed by atoms with E-state index in [1.54, 1.807) is 12.0 Å². The van der Waals surface area contributed by atoms with E-state index >= 15 is 0 Å². The summed E-state index contributed by atoms with van der Waals surface area (Å²) in [5, 5.41) is 3.46. The second-order valence-electron chi connectivity index (χ2n) is 5.79. The van der Waals surface area contributed by atoms with Crippen LogP contribution in [0.2, 0.25) is 0 Å². The van der Waals surface area contributed by atoms with Crippen LogP contribution >= 0.6 is 0 Å². The Hall–Kier alpha value is -2.50. The highest BCUT2D eigenvalue weighted by Gasteiger charge is 2.52. The monoisotopic (exact) mass is 285 g/mol. The molecule has 2 aromatic rings. The van der Waals surface area contributed by atoms with Gasteiger partial charge in [0, 0.05) is 23.0 Å². The summed E-state index contributed by atoms with van der Waals surface area (Å²) in [7, 11) is 1.63. The number of nitrogens with one attached hydrogen (secondary N) is 2. The molecular weight excluding hydrogens is 270 g/mol. The highest BCUT2D eigenvalue weighted by molar-refractivity contribution is 6.07. The van der Waals surface area contributed by atoms with E-state index < -0.39 is 5.54 Å². The lowest BCUT2D eigenvalue weighted by Gasteiger charge is -2.36. The number of benzene rings is 1. The first-order chi connectivity index (χ1) is 10.0. The van der Waals surface area contributed by atoms with Crippen LogP contribution in [-0.4, -0.2) is 34.5 Å². The third kappa shape index (κ3) is 1.47. The Morgan fingerprint density at radius 2 is 2.14 bits per heavy atom. The van der Waals surface area contributed by atoms with Gasteiger partial charge in [-0.25, -0.2) is 4.79 Å². The molecule has 0 radical (unpaired) electrons. The Morgan fingerprint density at radius 3 is 2.90 bits per heavy atom. The molecule has 1 aromatic carbocycles. The third-order valence-electron chi connectivity index (χ3n) is 4.59. The van der Waals surface area contributed by atoms with E-state index in [-0.39, 0.29) is 11.9 Å². The molecule has 108 valence electrons. The number of carbonyl (C=O) groups is 2. The minimum absolute atomic E-state index is 0.226. The van der Waals surface area contributed by atoms with Crippen LogP contribution in [-0.2, 0) is 17.8 Å². The number of hydrogen-bond donors (Lipinski definition) is 2. The van der Waals surface area contributed by atoms with Crippen LogP contribution in [0.1, 0.15) is 18.2 Å². The van der Waals surface area contributed by atoms with Gasteiger partial charge in [0.05, 0.1) is 13.7 Å². The van der Waals surface area contributed by atoms with Gasteiger partial charge in [-0.05, 0) is 30.7 Å². The van der Waals surface area contributed by atoms with Crippen LogP contribution in [0.3, 0.4) is 0 Å². The van der Waals surface area contributed by atoms with Gasteiger partial charge in [0.1, 0.15) is 11.3 Å². The minimum atomic E-state index is -0.803. The lowest BCUT2D eigenvalue weighted by atomic mass is 9.86. The van der Waals surface area contributed by atoms with Crippen LogP contribution in [0.5, 0.6) is 5.75 Å². The van der Waals surface area contributed by atoms with Gasteiger partial charge in [0.15, 0.2) is 0 Å². The number of H-pyrrole nitrogens is 1. The number of amides is 3. The SMILES string of the molecule is COc1ccc2[nH]c3c(c2c1)CC1(C)C(=O)NC(=O)N1C3. The second kappa shape index (κ2) is 3.78. The average molecular weight is 285 g/mol. The van der Waals surface area contributed by atoms with Crippen molar-refractivity contribution < 1.29 is 14.3 Å². The quantitative estimate of drug-likeness (QED) is 0.781. The topological polar surface area (TPSA) is 74.4 Å². The van der Waals surface area contributed by atoms with E-state index in [0.717, 1.165) is 27.9 Å². The maximum absolute atomic E-state index is 12.1. The van der Waals surface area contributed by atoms with Crippen molar-refractivity contribution in [1.29, 1.82) is 0 Å². The Labute approximate surface area is 121 Å². The van der Waals surface area contributed by atoms with Crippen LogP contribution in [0, 0.1) is 0 Å². The predicted octanol–water partition coefficient (Wildman–Crippen LogP) is 1.54. The fourth-order valence-electron chi connectivity index (χ4n) is 3.32. The molecule has 0 saturated carbocycles. The zero-order valence-corrected chi connectivity index (χ0v) is 11.8. The largest absolute Gasteiger partial charge is 0.497 e. The van der Waals surface area contributed by atoms with E-state index in [0.29, 0.717) is 13.0 Å². The molecule has 0 spiro atoms. The van der Waals surface area contributed by atoms with Crippen LogP contribution in [0.25, 0.3) is 10.9 Å². The summed E-state index contributed by atoms with van der Waals surface area (Å²) >= 11 is 0. The maximum atomic E-state index is 12.1. The first-order valence-electron chi connectivity index (χ1n) is 6.83. The number of urea groups is 1. The van der Waals surface area contributed by atoms with Crippen molar-refractivity contribution in [2.75, 3.05) is 7.11 Å². The van der Waals surface area contributed by atoms with Crippen LogP contribution in [0.15, 0.2) is 18.2 Å². The fraction of sp³-hybridized carbons (Fsp3) is 0.333. The summed E-state index contributed by atoms with van der Waals surface area (Å²) in [4.78, 5) is 29.0. The molecule has 1 aromatic heterocycles. The molecule has 2 N–H and O–H groups in total. The molecule has 6 heteroatoms. The van der Waals surface area contributed by atoms with Crippen molar-refractivity contribution in [2.24, 2.45) is 0 Å². The normalized spacial score (nSPS) is 24.0. The van der Waals surface area contributed by atoms with E-state index in [1.165, 1.54) is 0 Å². The molecule has 2 aliphatic heterocycles. The maximum Gasteiger partial charge on any atom is 0.325 e. The Kier molecular flexibility index (Phi) is 2.21. The molecule has 2 aliphatic rings. The number of rotatable bonds is 1. The van der Waals surface area contributed by atoms with E-state index in [2.05, 4.69) is 10.3 Å². The van der Waals surface area contributed by atoms with Crippen molar-refractivity contribution in [1.82, 2.24) is 15.2 Å². The highest BCUT2D eigenvalue weighted by Crippen LogP contribution is 2.38. The Balaban J connectivity index is 1.90. The summed E-state index contributed by atoms with van der Waals surface area (Å²) in [6.07, 6.45) is 0.507. The van der Waals surface area contributed by atoms with Crippen LogP contribution < -0.4 is 10.1 Å². The van der Waals surface area contributed by atoms with Crippen molar-refractivity contribution >= 4 is 22.8 Å². The third-order valence-corrected chi connectivity index (χ3v) is 4.59. The van der Waals surface area contributed by atoms with Crippen molar-refractivity contribution in [3.8, 4) is 5.75 Å². The second-order valence-corrected chi connectivity index (χ2v) is 5.79. The Bertz CT molecular complexity index is 795. The summed E-state index contributed by atoms with van der Waals surface area (Å²) < 4.78 is 5.27. The van der Waals surface area contributed by atoms with Gasteiger partial charge < -0.3 is 14.6 Å². The average Bonchev–Trinajstić information content (AvgIpc) is 2.92. The number of hydrogen-bond acceptors (Lipinski definition) is 3. The number of imide groups is 1. The number of aromatic nitrogens is 1. The molecule has 1 unspecified atom stereocenters. The molecule has 1 atom stereocenters. The number of carbonyl (C=O) groups excluding carboxylic acids is 2. The van der Waals surface area contributed by atoms with Gasteiger partial charge in [-0.3, -0.25) is 10.1 Å². The lowest BCUT2D eigenvalue weighted by molar-refractivity contribution is -0.126. The summed E-state index contributed by atoms with van der Waals surface area (Å²) in [6, 6.07) is 5.51. The van der Waals surface area contributed by atoms with Crippen LogP contribution in [0.4, 0.5) is 4.79 Å². The number of ether oxygens (including phenoxy) is 1. The molecule has 6 nitrogen and oxygen atoms in total. The van der Waals surface area contributed by atoms with Gasteiger partial charge >= 0.3 is 6.03 Å². The first-order valence-corrected chi connectivity index (χ1v) is 6.83. The molecule has 21 heavy (non-hydrogen) atoms. The van der Waals surface area contributed by atoms with Gasteiger partial charge in [-0.1, -0.05) is 0 Å². The zero-order valence-electron chi connectivity index (χ0n) is 11.8. The van der Waals surface area contributed by atoms with Crippen molar-refractivity contribution in [3.05, 3.63) is 29.5 Å². The fourth-order valence-corrected chi connectivity index (χ4v) is 3.32. The van der Waals surface area contributed by atoms with Gasteiger partial charge in [-0.15, -0.1) is 0 Å². The zero-order chi connectivity index (χ0) is 14.8. The van der Waals surface area contributed by atoms with E-state index in [9.17, 15) is 9.59 Å². The molecule has 4 rings (SSSR count). The number of nitrogens with zero attached hydrogens (tertiary/aromatic N) is 1. The minimum Gasteiger partial charge on any atom is -0.497 e. The number of fused-ring (bicyclic) bond motifs is 4. The summed E-state index contributed by atoms with van der Waals surface area (Å²) in [5.41, 5.74) is 2.27. The van der Waals surface area contributed by atoms with E-state index in [1.807, 2.05) is 25.1 Å². The molecule has 3 heterocycles.